The molecular weight excluding hydrogens is 387 g/mol. The summed E-state index contributed by atoms with van der Waals surface area (Å²) in [5.41, 5.74) is 0.611. The fraction of sp³-hybridized carbons (Fsp3) is 0.562. The first kappa shape index (κ1) is 19.2. The normalized spacial score (nSPS) is 17.0. The molecule has 1 aromatic rings. The second kappa shape index (κ2) is 8.82. The topological polar surface area (TPSA) is 44.4 Å². The van der Waals surface area contributed by atoms with E-state index in [4.69, 9.17) is 0 Å². The largest absolute Gasteiger partial charge is 0.457 e. The van der Waals surface area contributed by atoms with Crippen molar-refractivity contribution in [3.05, 3.63) is 34.3 Å². The van der Waals surface area contributed by atoms with E-state index < -0.39 is 6.30 Å². The molecule has 1 aromatic carbocycles. The van der Waals surface area contributed by atoms with Crippen LogP contribution < -0.4 is 10.6 Å². The molecule has 1 aliphatic heterocycles. The molecule has 0 aliphatic carbocycles. The average molecular weight is 408 g/mol. The Morgan fingerprint density at radius 3 is 2.62 bits per heavy atom. The van der Waals surface area contributed by atoms with Crippen LogP contribution in [0, 0.1) is 5.92 Å². The highest BCUT2D eigenvalue weighted by molar-refractivity contribution is 9.10. The third-order valence-corrected chi connectivity index (χ3v) is 4.59. The van der Waals surface area contributed by atoms with Gasteiger partial charge in [-0.1, -0.05) is 22.0 Å². The Morgan fingerprint density at radius 1 is 1.29 bits per heavy atom. The van der Waals surface area contributed by atoms with Crippen LogP contribution >= 0.6 is 15.9 Å². The molecule has 1 heterocycles. The SMILES string of the molecule is O=C(NCC1CCN(CCNC(F)(F)F)CC1)c1cccc(Br)c1. The van der Waals surface area contributed by atoms with E-state index in [-0.39, 0.29) is 12.5 Å². The summed E-state index contributed by atoms with van der Waals surface area (Å²) in [4.78, 5) is 14.1. The molecule has 0 unspecified atom stereocenters. The van der Waals surface area contributed by atoms with Gasteiger partial charge in [0.25, 0.3) is 5.91 Å². The zero-order chi connectivity index (χ0) is 17.6. The Labute approximate surface area is 147 Å². The van der Waals surface area contributed by atoms with Crippen LogP contribution in [0.4, 0.5) is 13.2 Å². The molecule has 24 heavy (non-hydrogen) atoms. The molecular formula is C16H21BrF3N3O. The lowest BCUT2D eigenvalue weighted by Gasteiger charge is -2.32. The number of benzene rings is 1. The number of likely N-dealkylation sites (tertiary alicyclic amines) is 1. The fourth-order valence-electron chi connectivity index (χ4n) is 2.74. The van der Waals surface area contributed by atoms with Crippen molar-refractivity contribution in [2.24, 2.45) is 5.92 Å². The molecule has 0 bridgehead atoms. The highest BCUT2D eigenvalue weighted by Crippen LogP contribution is 2.17. The summed E-state index contributed by atoms with van der Waals surface area (Å²) in [5.74, 6) is 0.265. The number of hydrogen-bond acceptors (Lipinski definition) is 3. The van der Waals surface area contributed by atoms with Gasteiger partial charge >= 0.3 is 6.30 Å². The van der Waals surface area contributed by atoms with E-state index in [0.717, 1.165) is 30.4 Å². The predicted molar refractivity (Wildman–Crippen MR) is 89.7 cm³/mol. The minimum Gasteiger partial charge on any atom is -0.352 e. The van der Waals surface area contributed by atoms with Crippen molar-refractivity contribution in [1.29, 1.82) is 0 Å². The van der Waals surface area contributed by atoms with E-state index in [1.165, 1.54) is 0 Å². The quantitative estimate of drug-likeness (QED) is 0.712. The number of nitrogens with zero attached hydrogens (tertiary/aromatic N) is 1. The van der Waals surface area contributed by atoms with E-state index >= 15 is 0 Å². The molecule has 4 nitrogen and oxygen atoms in total. The van der Waals surface area contributed by atoms with Gasteiger partial charge in [-0.05, 0) is 50.0 Å². The number of nitrogens with one attached hydrogen (secondary N) is 2. The lowest BCUT2D eigenvalue weighted by molar-refractivity contribution is -0.157. The Balaban J connectivity index is 1.65. The second-order valence-corrected chi connectivity index (χ2v) is 6.85. The van der Waals surface area contributed by atoms with Gasteiger partial charge in [0.1, 0.15) is 0 Å². The number of hydrogen-bond donors (Lipinski definition) is 2. The van der Waals surface area contributed by atoms with Gasteiger partial charge < -0.3 is 10.2 Å². The van der Waals surface area contributed by atoms with Crippen molar-refractivity contribution >= 4 is 21.8 Å². The summed E-state index contributed by atoms with van der Waals surface area (Å²) in [6.45, 7) is 2.42. The zero-order valence-electron chi connectivity index (χ0n) is 13.2. The molecule has 0 saturated carbocycles. The Bertz CT molecular complexity index is 546. The molecule has 1 fully saturated rings. The van der Waals surface area contributed by atoms with Gasteiger partial charge in [-0.2, -0.15) is 13.2 Å². The van der Waals surface area contributed by atoms with E-state index in [1.807, 2.05) is 17.0 Å². The summed E-state index contributed by atoms with van der Waals surface area (Å²) in [5, 5.41) is 4.48. The van der Waals surface area contributed by atoms with E-state index in [0.29, 0.717) is 24.6 Å². The van der Waals surface area contributed by atoms with Crippen LogP contribution in [0.5, 0.6) is 0 Å². The van der Waals surface area contributed by atoms with Gasteiger partial charge in [0.05, 0.1) is 0 Å². The summed E-state index contributed by atoms with van der Waals surface area (Å²) in [7, 11) is 0. The highest BCUT2D eigenvalue weighted by atomic mass is 79.9. The van der Waals surface area contributed by atoms with Crippen LogP contribution in [-0.2, 0) is 0 Å². The molecule has 1 aliphatic rings. The van der Waals surface area contributed by atoms with Gasteiger partial charge in [-0.15, -0.1) is 0 Å². The van der Waals surface area contributed by atoms with E-state index in [2.05, 4.69) is 21.2 Å². The summed E-state index contributed by atoms with van der Waals surface area (Å²) < 4.78 is 37.0. The van der Waals surface area contributed by atoms with Crippen LogP contribution in [0.2, 0.25) is 0 Å². The van der Waals surface area contributed by atoms with Gasteiger partial charge in [0, 0.05) is 29.7 Å². The number of alkyl halides is 3. The van der Waals surface area contributed by atoms with Crippen molar-refractivity contribution < 1.29 is 18.0 Å². The first-order chi connectivity index (χ1) is 11.3. The maximum atomic E-state index is 12.1. The average Bonchev–Trinajstić information content (AvgIpc) is 2.52. The summed E-state index contributed by atoms with van der Waals surface area (Å²) in [6.07, 6.45) is -2.55. The number of carbonyl (C=O) groups is 1. The van der Waals surface area contributed by atoms with Crippen molar-refractivity contribution in [3.63, 3.8) is 0 Å². The maximum Gasteiger partial charge on any atom is 0.457 e. The molecule has 0 spiro atoms. The molecule has 0 atom stereocenters. The minimum absolute atomic E-state index is 0.0895. The van der Waals surface area contributed by atoms with Crippen LogP contribution in [0.3, 0.4) is 0 Å². The summed E-state index contributed by atoms with van der Waals surface area (Å²) >= 11 is 3.34. The molecule has 1 amide bonds. The van der Waals surface area contributed by atoms with Gasteiger partial charge in [-0.25, -0.2) is 5.32 Å². The number of amides is 1. The lowest BCUT2D eigenvalue weighted by Crippen LogP contribution is -2.43. The van der Waals surface area contributed by atoms with Crippen molar-refractivity contribution in [3.8, 4) is 0 Å². The third kappa shape index (κ3) is 6.78. The highest BCUT2D eigenvalue weighted by Gasteiger charge is 2.26. The van der Waals surface area contributed by atoms with Gasteiger partial charge in [0.2, 0.25) is 0 Å². The van der Waals surface area contributed by atoms with E-state index in [9.17, 15) is 18.0 Å². The number of halogens is 4. The number of rotatable bonds is 6. The number of piperidine rings is 1. The number of carbonyl (C=O) groups excluding carboxylic acids is 1. The molecule has 134 valence electrons. The van der Waals surface area contributed by atoms with Crippen LogP contribution in [0.15, 0.2) is 28.7 Å². The lowest BCUT2D eigenvalue weighted by atomic mass is 9.96. The monoisotopic (exact) mass is 407 g/mol. The van der Waals surface area contributed by atoms with E-state index in [1.54, 1.807) is 17.4 Å². The maximum absolute atomic E-state index is 12.1. The third-order valence-electron chi connectivity index (χ3n) is 4.10. The Hall–Kier alpha value is -1.12. The van der Waals surface area contributed by atoms with Gasteiger partial charge in [0.15, 0.2) is 0 Å². The standard InChI is InChI=1S/C16H21BrF3N3O/c17-14-3-1-2-13(10-14)15(24)21-11-12-4-7-23(8-5-12)9-6-22-16(18,19)20/h1-3,10,12,22H,4-9,11H2,(H,21,24). The van der Waals surface area contributed by atoms with Crippen molar-refractivity contribution in [2.75, 3.05) is 32.7 Å². The predicted octanol–water partition coefficient (Wildman–Crippen LogP) is 3.00. The van der Waals surface area contributed by atoms with Crippen LogP contribution in [0.25, 0.3) is 0 Å². The van der Waals surface area contributed by atoms with Crippen molar-refractivity contribution in [2.45, 2.75) is 19.1 Å². The molecule has 0 aromatic heterocycles. The molecule has 8 heteroatoms. The molecule has 2 rings (SSSR count). The second-order valence-electron chi connectivity index (χ2n) is 5.93. The Kier molecular flexibility index (Phi) is 7.06. The first-order valence-corrected chi connectivity index (χ1v) is 8.70. The molecule has 2 N–H and O–H groups in total. The smallest absolute Gasteiger partial charge is 0.352 e. The molecule has 0 radical (unpaired) electrons. The zero-order valence-corrected chi connectivity index (χ0v) is 14.8. The molecule has 1 saturated heterocycles. The van der Waals surface area contributed by atoms with Gasteiger partial charge in [-0.3, -0.25) is 4.79 Å². The summed E-state index contributed by atoms with van der Waals surface area (Å²) in [6, 6.07) is 7.20. The minimum atomic E-state index is -4.31. The Morgan fingerprint density at radius 2 is 2.00 bits per heavy atom. The van der Waals surface area contributed by atoms with Crippen LogP contribution in [0.1, 0.15) is 23.2 Å². The van der Waals surface area contributed by atoms with Crippen LogP contribution in [-0.4, -0.2) is 49.8 Å². The first-order valence-electron chi connectivity index (χ1n) is 7.91. The fourth-order valence-corrected chi connectivity index (χ4v) is 3.14. The van der Waals surface area contributed by atoms with Crippen molar-refractivity contribution in [1.82, 2.24) is 15.5 Å².